The summed E-state index contributed by atoms with van der Waals surface area (Å²) < 4.78 is 37.7. The number of aromatic nitrogens is 2. The molecule has 1 heterocycles. The SMILES string of the molecule is CCc1ccc(-c2ccc(C(F)(F)F)c(Cl)c2)nn1. The van der Waals surface area contributed by atoms with Crippen LogP contribution in [0.5, 0.6) is 0 Å². The van der Waals surface area contributed by atoms with Gasteiger partial charge < -0.3 is 0 Å². The van der Waals surface area contributed by atoms with Gasteiger partial charge >= 0.3 is 6.18 Å². The molecule has 0 aliphatic heterocycles. The van der Waals surface area contributed by atoms with E-state index in [9.17, 15) is 13.2 Å². The second kappa shape index (κ2) is 5.17. The smallest absolute Gasteiger partial charge is 0.166 e. The second-order valence-electron chi connectivity index (χ2n) is 3.96. The van der Waals surface area contributed by atoms with Gasteiger partial charge in [0.25, 0.3) is 0 Å². The van der Waals surface area contributed by atoms with E-state index in [0.29, 0.717) is 11.3 Å². The lowest BCUT2D eigenvalue weighted by Gasteiger charge is -2.10. The van der Waals surface area contributed by atoms with Crippen LogP contribution in [0.3, 0.4) is 0 Å². The van der Waals surface area contributed by atoms with E-state index in [1.54, 1.807) is 12.1 Å². The molecule has 19 heavy (non-hydrogen) atoms. The second-order valence-corrected chi connectivity index (χ2v) is 4.36. The van der Waals surface area contributed by atoms with Crippen LogP contribution in [0.15, 0.2) is 30.3 Å². The highest BCUT2D eigenvalue weighted by molar-refractivity contribution is 6.31. The van der Waals surface area contributed by atoms with Crippen LogP contribution in [0.25, 0.3) is 11.3 Å². The third-order valence-corrected chi connectivity index (χ3v) is 2.96. The monoisotopic (exact) mass is 286 g/mol. The highest BCUT2D eigenvalue weighted by atomic mass is 35.5. The summed E-state index contributed by atoms with van der Waals surface area (Å²) in [6.45, 7) is 1.94. The minimum Gasteiger partial charge on any atom is -0.166 e. The lowest BCUT2D eigenvalue weighted by Crippen LogP contribution is -2.05. The Morgan fingerprint density at radius 2 is 1.84 bits per heavy atom. The predicted molar refractivity (Wildman–Crippen MR) is 66.9 cm³/mol. The van der Waals surface area contributed by atoms with Gasteiger partial charge in [-0.3, -0.25) is 0 Å². The maximum atomic E-state index is 12.6. The third-order valence-electron chi connectivity index (χ3n) is 2.65. The van der Waals surface area contributed by atoms with Gasteiger partial charge in [0.2, 0.25) is 0 Å². The number of aryl methyl sites for hydroxylation is 1. The highest BCUT2D eigenvalue weighted by Crippen LogP contribution is 2.36. The van der Waals surface area contributed by atoms with Gasteiger partial charge in [-0.1, -0.05) is 24.6 Å². The molecule has 0 saturated heterocycles. The lowest BCUT2D eigenvalue weighted by molar-refractivity contribution is -0.137. The molecule has 0 fully saturated rings. The lowest BCUT2D eigenvalue weighted by atomic mass is 10.1. The highest BCUT2D eigenvalue weighted by Gasteiger charge is 2.33. The fourth-order valence-corrected chi connectivity index (χ4v) is 1.89. The largest absolute Gasteiger partial charge is 0.417 e. The van der Waals surface area contributed by atoms with Gasteiger partial charge in [0, 0.05) is 5.56 Å². The van der Waals surface area contributed by atoms with Crippen molar-refractivity contribution in [1.29, 1.82) is 0 Å². The maximum absolute atomic E-state index is 12.6. The molecule has 100 valence electrons. The van der Waals surface area contributed by atoms with Gasteiger partial charge in [0.05, 0.1) is 22.0 Å². The van der Waals surface area contributed by atoms with Crippen molar-refractivity contribution in [1.82, 2.24) is 10.2 Å². The first-order valence-corrected chi connectivity index (χ1v) is 5.99. The molecule has 0 amide bonds. The van der Waals surface area contributed by atoms with E-state index in [1.165, 1.54) is 12.1 Å². The summed E-state index contributed by atoms with van der Waals surface area (Å²) in [7, 11) is 0. The van der Waals surface area contributed by atoms with E-state index in [4.69, 9.17) is 11.6 Å². The van der Waals surface area contributed by atoms with Crippen LogP contribution < -0.4 is 0 Å². The molecule has 2 rings (SSSR count). The third kappa shape index (κ3) is 3.04. The van der Waals surface area contributed by atoms with Crippen LogP contribution in [0, 0.1) is 0 Å². The molecule has 0 saturated carbocycles. The van der Waals surface area contributed by atoms with E-state index in [2.05, 4.69) is 10.2 Å². The summed E-state index contributed by atoms with van der Waals surface area (Å²) in [4.78, 5) is 0. The van der Waals surface area contributed by atoms with Crippen LogP contribution in [-0.4, -0.2) is 10.2 Å². The molecule has 1 aromatic heterocycles. The Balaban J connectivity index is 2.38. The zero-order valence-electron chi connectivity index (χ0n) is 10.0. The molecule has 2 nitrogen and oxygen atoms in total. The quantitative estimate of drug-likeness (QED) is 0.819. The topological polar surface area (TPSA) is 25.8 Å². The van der Waals surface area contributed by atoms with Crippen molar-refractivity contribution in [2.75, 3.05) is 0 Å². The number of rotatable bonds is 2. The predicted octanol–water partition coefficient (Wildman–Crippen LogP) is 4.38. The van der Waals surface area contributed by atoms with E-state index >= 15 is 0 Å². The fraction of sp³-hybridized carbons (Fsp3) is 0.231. The first kappa shape index (κ1) is 13.8. The summed E-state index contributed by atoms with van der Waals surface area (Å²) in [5.41, 5.74) is 0.971. The molecule has 0 atom stereocenters. The van der Waals surface area contributed by atoms with Gasteiger partial charge in [-0.15, -0.1) is 0 Å². The normalized spacial score (nSPS) is 11.6. The molecule has 0 aliphatic carbocycles. The Bertz CT molecular complexity index is 579. The minimum atomic E-state index is -4.45. The summed E-state index contributed by atoms with van der Waals surface area (Å²) >= 11 is 5.65. The number of nitrogens with zero attached hydrogens (tertiary/aromatic N) is 2. The van der Waals surface area contributed by atoms with Crippen molar-refractivity contribution in [3.63, 3.8) is 0 Å². The van der Waals surface area contributed by atoms with Crippen molar-refractivity contribution < 1.29 is 13.2 Å². The number of benzene rings is 1. The summed E-state index contributed by atoms with van der Waals surface area (Å²) in [5, 5.41) is 7.58. The molecular formula is C13H10ClF3N2. The Morgan fingerprint density at radius 1 is 1.11 bits per heavy atom. The van der Waals surface area contributed by atoms with E-state index < -0.39 is 11.7 Å². The van der Waals surface area contributed by atoms with Gasteiger partial charge in [0.15, 0.2) is 0 Å². The summed E-state index contributed by atoms with van der Waals surface area (Å²) in [6, 6.07) is 7.04. The van der Waals surface area contributed by atoms with Crippen LogP contribution in [0.2, 0.25) is 5.02 Å². The van der Waals surface area contributed by atoms with Crippen molar-refractivity contribution in [3.05, 3.63) is 46.6 Å². The Labute approximate surface area is 113 Å². The van der Waals surface area contributed by atoms with Crippen molar-refractivity contribution in [3.8, 4) is 11.3 Å². The van der Waals surface area contributed by atoms with Gasteiger partial charge in [0.1, 0.15) is 0 Å². The molecule has 6 heteroatoms. The van der Waals surface area contributed by atoms with Crippen molar-refractivity contribution >= 4 is 11.6 Å². The minimum absolute atomic E-state index is 0.341. The first-order chi connectivity index (χ1) is 8.91. The van der Waals surface area contributed by atoms with Crippen LogP contribution >= 0.6 is 11.6 Å². The fourth-order valence-electron chi connectivity index (χ4n) is 1.61. The molecule has 0 spiro atoms. The van der Waals surface area contributed by atoms with Crippen LogP contribution in [-0.2, 0) is 12.6 Å². The number of alkyl halides is 3. The van der Waals surface area contributed by atoms with Crippen molar-refractivity contribution in [2.45, 2.75) is 19.5 Å². The molecule has 0 unspecified atom stereocenters. The first-order valence-electron chi connectivity index (χ1n) is 5.61. The number of hydrogen-bond donors (Lipinski definition) is 0. The molecule has 0 aliphatic rings. The van der Waals surface area contributed by atoms with E-state index in [-0.39, 0.29) is 5.02 Å². The Hall–Kier alpha value is -1.62. The number of halogens is 4. The van der Waals surface area contributed by atoms with Gasteiger partial charge in [-0.25, -0.2) is 0 Å². The molecule has 1 aromatic carbocycles. The van der Waals surface area contributed by atoms with E-state index in [1.807, 2.05) is 6.92 Å². The number of hydrogen-bond acceptors (Lipinski definition) is 2. The molecule has 0 N–H and O–H groups in total. The zero-order chi connectivity index (χ0) is 14.0. The van der Waals surface area contributed by atoms with Crippen molar-refractivity contribution in [2.24, 2.45) is 0 Å². The zero-order valence-corrected chi connectivity index (χ0v) is 10.8. The van der Waals surface area contributed by atoms with Gasteiger partial charge in [-0.05, 0) is 30.7 Å². The molecule has 0 radical (unpaired) electrons. The van der Waals surface area contributed by atoms with Crippen LogP contribution in [0.4, 0.5) is 13.2 Å². The van der Waals surface area contributed by atoms with Crippen LogP contribution in [0.1, 0.15) is 18.2 Å². The van der Waals surface area contributed by atoms with Gasteiger partial charge in [-0.2, -0.15) is 23.4 Å². The molecular weight excluding hydrogens is 277 g/mol. The molecule has 2 aromatic rings. The Kier molecular flexibility index (Phi) is 3.75. The average molecular weight is 287 g/mol. The molecule has 0 bridgehead atoms. The average Bonchev–Trinajstić information content (AvgIpc) is 2.37. The Morgan fingerprint density at radius 3 is 2.32 bits per heavy atom. The maximum Gasteiger partial charge on any atom is 0.417 e. The summed E-state index contributed by atoms with van der Waals surface area (Å²) in [6.07, 6.45) is -3.70. The standard InChI is InChI=1S/C13H10ClF3N2/c1-2-9-4-6-12(19-18-9)8-3-5-10(11(14)7-8)13(15,16)17/h3-7H,2H2,1H3. The summed E-state index contributed by atoms with van der Waals surface area (Å²) in [5.74, 6) is 0. The van der Waals surface area contributed by atoms with E-state index in [0.717, 1.165) is 18.2 Å².